The van der Waals surface area contributed by atoms with Crippen LogP contribution in [-0.4, -0.2) is 62.1 Å². The normalized spacial score (nSPS) is 15.1. The molecule has 1 aliphatic rings. The molecule has 0 unspecified atom stereocenters. The van der Waals surface area contributed by atoms with Crippen LogP contribution in [0.15, 0.2) is 47.3 Å². The molecule has 8 heteroatoms. The van der Waals surface area contributed by atoms with E-state index in [-0.39, 0.29) is 5.56 Å². The third-order valence-electron chi connectivity index (χ3n) is 5.66. The average molecular weight is 418 g/mol. The number of benzene rings is 1. The Bertz CT molecular complexity index is 1130. The fraction of sp³-hybridized carbons (Fsp3) is 0.391. The second-order valence-electron chi connectivity index (χ2n) is 8.02. The number of nitrogens with zero attached hydrogens (tertiary/aromatic N) is 7. The number of rotatable bonds is 6. The molecule has 1 aliphatic heterocycles. The van der Waals surface area contributed by atoms with Gasteiger partial charge < -0.3 is 0 Å². The summed E-state index contributed by atoms with van der Waals surface area (Å²) in [6.07, 6.45) is 0. The first-order chi connectivity index (χ1) is 15.0. The number of hydrogen-bond donors (Lipinski definition) is 0. The Kier molecular flexibility index (Phi) is 6.26. The fourth-order valence-corrected chi connectivity index (χ4v) is 3.92. The van der Waals surface area contributed by atoms with Crippen molar-refractivity contribution in [1.29, 1.82) is 5.26 Å². The van der Waals surface area contributed by atoms with Crippen LogP contribution in [0.4, 0.5) is 0 Å². The minimum Gasteiger partial charge on any atom is -0.299 e. The van der Waals surface area contributed by atoms with Gasteiger partial charge in [0.2, 0.25) is 0 Å². The lowest BCUT2D eigenvalue weighted by Crippen LogP contribution is -2.47. The van der Waals surface area contributed by atoms with Gasteiger partial charge in [-0.05, 0) is 43.7 Å². The summed E-state index contributed by atoms with van der Waals surface area (Å²) in [7, 11) is 0. The van der Waals surface area contributed by atoms with E-state index in [4.69, 9.17) is 5.26 Å². The van der Waals surface area contributed by atoms with Gasteiger partial charge in [0.05, 0.1) is 23.9 Å². The van der Waals surface area contributed by atoms with Gasteiger partial charge in [-0.2, -0.15) is 10.4 Å². The van der Waals surface area contributed by atoms with Crippen molar-refractivity contribution in [2.75, 3.05) is 32.7 Å². The van der Waals surface area contributed by atoms with Crippen molar-refractivity contribution in [3.63, 3.8) is 0 Å². The van der Waals surface area contributed by atoms with Crippen molar-refractivity contribution in [3.8, 4) is 11.9 Å². The van der Waals surface area contributed by atoms with Crippen LogP contribution in [0.2, 0.25) is 0 Å². The lowest BCUT2D eigenvalue weighted by molar-refractivity contribution is 0.122. The molecule has 0 saturated carbocycles. The van der Waals surface area contributed by atoms with Gasteiger partial charge in [0.1, 0.15) is 0 Å². The lowest BCUT2D eigenvalue weighted by atomic mass is 10.1. The van der Waals surface area contributed by atoms with Crippen LogP contribution in [0.5, 0.6) is 0 Å². The van der Waals surface area contributed by atoms with E-state index in [9.17, 15) is 4.79 Å². The van der Waals surface area contributed by atoms with Crippen molar-refractivity contribution in [2.24, 2.45) is 0 Å². The zero-order valence-corrected chi connectivity index (χ0v) is 18.0. The zero-order chi connectivity index (χ0) is 21.8. The van der Waals surface area contributed by atoms with Crippen LogP contribution in [0.1, 0.15) is 22.5 Å². The number of aromatic nitrogens is 4. The smallest absolute Gasteiger partial charge is 0.266 e. The van der Waals surface area contributed by atoms with Crippen molar-refractivity contribution in [3.05, 3.63) is 75.3 Å². The highest BCUT2D eigenvalue weighted by Gasteiger charge is 2.17. The maximum Gasteiger partial charge on any atom is 0.266 e. The van der Waals surface area contributed by atoms with Crippen molar-refractivity contribution in [2.45, 2.75) is 26.9 Å². The standard InChI is InChI=1S/C23H27N7O/c1-18-15-19(2)30(25-18)22-7-8-23(31)29(26-22)14-13-27-9-11-28(12-10-27)17-21-5-3-20(16-24)4-6-21/h3-8,15H,9-14,17H2,1-2H3. The monoisotopic (exact) mass is 417 g/mol. The Balaban J connectivity index is 1.31. The van der Waals surface area contributed by atoms with E-state index in [2.05, 4.69) is 26.1 Å². The van der Waals surface area contributed by atoms with E-state index >= 15 is 0 Å². The van der Waals surface area contributed by atoms with E-state index in [1.54, 1.807) is 16.8 Å². The molecule has 0 aliphatic carbocycles. The molecule has 1 fully saturated rings. The highest BCUT2D eigenvalue weighted by molar-refractivity contribution is 5.31. The fourth-order valence-electron chi connectivity index (χ4n) is 3.92. The maximum atomic E-state index is 12.3. The van der Waals surface area contributed by atoms with E-state index in [1.807, 2.05) is 44.2 Å². The maximum absolute atomic E-state index is 12.3. The highest BCUT2D eigenvalue weighted by Crippen LogP contribution is 2.11. The minimum absolute atomic E-state index is 0.0928. The van der Waals surface area contributed by atoms with Gasteiger partial charge in [0.15, 0.2) is 5.82 Å². The van der Waals surface area contributed by atoms with E-state index in [1.165, 1.54) is 10.2 Å². The number of hydrogen-bond acceptors (Lipinski definition) is 6. The molecule has 1 saturated heterocycles. The van der Waals surface area contributed by atoms with Gasteiger partial charge in [-0.15, -0.1) is 5.10 Å². The van der Waals surface area contributed by atoms with Crippen LogP contribution in [0.25, 0.3) is 5.82 Å². The molecular formula is C23H27N7O. The van der Waals surface area contributed by atoms with Crippen molar-refractivity contribution in [1.82, 2.24) is 29.4 Å². The molecule has 3 heterocycles. The zero-order valence-electron chi connectivity index (χ0n) is 18.0. The van der Waals surface area contributed by atoms with Gasteiger partial charge in [0.25, 0.3) is 5.56 Å². The predicted octanol–water partition coefficient (Wildman–Crippen LogP) is 1.74. The Morgan fingerprint density at radius 2 is 1.65 bits per heavy atom. The molecule has 31 heavy (non-hydrogen) atoms. The summed E-state index contributed by atoms with van der Waals surface area (Å²) in [5.74, 6) is 0.664. The Labute approximate surface area is 181 Å². The Morgan fingerprint density at radius 3 is 2.29 bits per heavy atom. The first kappa shape index (κ1) is 21.0. The van der Waals surface area contributed by atoms with Gasteiger partial charge in [0, 0.05) is 51.0 Å². The molecular weight excluding hydrogens is 390 g/mol. The SMILES string of the molecule is Cc1cc(C)n(-c2ccc(=O)n(CCN3CCN(Cc4ccc(C#N)cc4)CC3)n2)n1. The molecule has 160 valence electrons. The second kappa shape index (κ2) is 9.25. The van der Waals surface area contributed by atoms with Gasteiger partial charge in [-0.25, -0.2) is 9.36 Å². The van der Waals surface area contributed by atoms with Crippen molar-refractivity contribution < 1.29 is 0 Å². The molecule has 0 amide bonds. The topological polar surface area (TPSA) is 83.0 Å². The first-order valence-electron chi connectivity index (χ1n) is 10.6. The number of nitriles is 1. The predicted molar refractivity (Wildman–Crippen MR) is 118 cm³/mol. The van der Waals surface area contributed by atoms with Crippen LogP contribution in [0.3, 0.4) is 0 Å². The summed E-state index contributed by atoms with van der Waals surface area (Å²) < 4.78 is 3.31. The quantitative estimate of drug-likeness (QED) is 0.608. The molecule has 2 aromatic heterocycles. The number of aryl methyl sites for hydroxylation is 2. The average Bonchev–Trinajstić information content (AvgIpc) is 3.12. The van der Waals surface area contributed by atoms with Crippen LogP contribution >= 0.6 is 0 Å². The molecule has 0 radical (unpaired) electrons. The lowest BCUT2D eigenvalue weighted by Gasteiger charge is -2.34. The second-order valence-corrected chi connectivity index (χ2v) is 8.02. The third-order valence-corrected chi connectivity index (χ3v) is 5.66. The summed E-state index contributed by atoms with van der Waals surface area (Å²) in [4.78, 5) is 17.1. The van der Waals surface area contributed by atoms with Crippen LogP contribution < -0.4 is 5.56 Å². The molecule has 1 aromatic carbocycles. The van der Waals surface area contributed by atoms with E-state index in [0.29, 0.717) is 17.9 Å². The van der Waals surface area contributed by atoms with E-state index in [0.717, 1.165) is 50.7 Å². The van der Waals surface area contributed by atoms with E-state index < -0.39 is 0 Å². The largest absolute Gasteiger partial charge is 0.299 e. The van der Waals surface area contributed by atoms with Crippen molar-refractivity contribution >= 4 is 0 Å². The molecule has 0 N–H and O–H groups in total. The molecule has 0 bridgehead atoms. The summed E-state index contributed by atoms with van der Waals surface area (Å²) in [6, 6.07) is 15.2. The van der Waals surface area contributed by atoms with Gasteiger partial charge in [-0.3, -0.25) is 14.6 Å². The Hall–Kier alpha value is -3.28. The summed E-state index contributed by atoms with van der Waals surface area (Å²) >= 11 is 0. The van der Waals surface area contributed by atoms with Crippen LogP contribution in [-0.2, 0) is 13.1 Å². The molecule has 8 nitrogen and oxygen atoms in total. The minimum atomic E-state index is -0.0928. The third kappa shape index (κ3) is 5.08. The Morgan fingerprint density at radius 1 is 0.935 bits per heavy atom. The summed E-state index contributed by atoms with van der Waals surface area (Å²) in [5.41, 5.74) is 3.75. The number of piperazine rings is 1. The highest BCUT2D eigenvalue weighted by atomic mass is 16.1. The van der Waals surface area contributed by atoms with Gasteiger partial charge in [-0.1, -0.05) is 12.1 Å². The summed E-state index contributed by atoms with van der Waals surface area (Å²) in [6.45, 7) is 10.0. The molecule has 4 rings (SSSR count). The first-order valence-corrected chi connectivity index (χ1v) is 10.6. The summed E-state index contributed by atoms with van der Waals surface area (Å²) in [5, 5.41) is 17.9. The molecule has 3 aromatic rings. The molecule has 0 atom stereocenters. The van der Waals surface area contributed by atoms with Gasteiger partial charge >= 0.3 is 0 Å². The van der Waals surface area contributed by atoms with Crippen LogP contribution in [0, 0.1) is 25.2 Å². The molecule has 0 spiro atoms.